The van der Waals surface area contributed by atoms with Gasteiger partial charge in [-0.25, -0.2) is 4.79 Å². The minimum atomic E-state index is -0.800. The zero-order chi connectivity index (χ0) is 8.65. The van der Waals surface area contributed by atoms with Crippen molar-refractivity contribution in [2.24, 2.45) is 5.92 Å². The smallest absolute Gasteiger partial charge is 0.332 e. The maximum atomic E-state index is 11.0. The zero-order valence-corrected chi connectivity index (χ0v) is 6.80. The second kappa shape index (κ2) is 2.22. The van der Waals surface area contributed by atoms with Crippen molar-refractivity contribution in [3.05, 3.63) is 0 Å². The number of hydrogen-bond acceptors (Lipinski definition) is 3. The molecule has 0 aromatic heterocycles. The number of esters is 1. The van der Waals surface area contributed by atoms with Crippen molar-refractivity contribution in [3.63, 3.8) is 0 Å². The summed E-state index contributed by atoms with van der Waals surface area (Å²) in [5, 5.41) is 2.51. The Kier molecular flexibility index (Phi) is 1.62. The molecule has 4 nitrogen and oxygen atoms in total. The van der Waals surface area contributed by atoms with Crippen LogP contribution in [0.4, 0.5) is 0 Å². The van der Waals surface area contributed by atoms with E-state index in [4.69, 9.17) is 0 Å². The number of β-lactam (4-membered cyclic amide) rings is 1. The Balaban J connectivity index is 2.72. The molecule has 0 saturated carbocycles. The minimum Gasteiger partial charge on any atom is -0.467 e. The summed E-state index contributed by atoms with van der Waals surface area (Å²) in [7, 11) is 1.31. The number of ether oxygens (including phenoxy) is 1. The van der Waals surface area contributed by atoms with Crippen LogP contribution in [0.2, 0.25) is 0 Å². The number of amides is 1. The van der Waals surface area contributed by atoms with E-state index in [2.05, 4.69) is 10.1 Å². The van der Waals surface area contributed by atoms with Crippen molar-refractivity contribution in [3.8, 4) is 0 Å². The molecular weight excluding hydrogens is 146 g/mol. The normalized spacial score (nSPS) is 35.5. The van der Waals surface area contributed by atoms with E-state index in [-0.39, 0.29) is 17.8 Å². The van der Waals surface area contributed by atoms with Gasteiger partial charge < -0.3 is 10.1 Å². The number of carbonyl (C=O) groups excluding carboxylic acids is 2. The van der Waals surface area contributed by atoms with Crippen molar-refractivity contribution in [1.29, 1.82) is 0 Å². The van der Waals surface area contributed by atoms with Gasteiger partial charge in [-0.1, -0.05) is 6.92 Å². The molecule has 1 saturated heterocycles. The van der Waals surface area contributed by atoms with Gasteiger partial charge in [0.05, 0.1) is 13.0 Å². The minimum absolute atomic E-state index is 0.0992. The fraction of sp³-hybridized carbons (Fsp3) is 0.714. The van der Waals surface area contributed by atoms with Crippen molar-refractivity contribution < 1.29 is 14.3 Å². The fourth-order valence-corrected chi connectivity index (χ4v) is 1.10. The lowest BCUT2D eigenvalue weighted by Gasteiger charge is -2.42. The van der Waals surface area contributed by atoms with Gasteiger partial charge in [-0.3, -0.25) is 4.79 Å². The summed E-state index contributed by atoms with van der Waals surface area (Å²) < 4.78 is 4.52. The van der Waals surface area contributed by atoms with E-state index < -0.39 is 5.54 Å². The quantitative estimate of drug-likeness (QED) is 0.419. The van der Waals surface area contributed by atoms with E-state index in [9.17, 15) is 9.59 Å². The second-order valence-electron chi connectivity index (χ2n) is 2.90. The molecule has 1 aliphatic rings. The lowest BCUT2D eigenvalue weighted by atomic mass is 9.78. The van der Waals surface area contributed by atoms with Crippen LogP contribution in [0.25, 0.3) is 0 Å². The summed E-state index contributed by atoms with van der Waals surface area (Å²) in [5.74, 6) is -0.766. The van der Waals surface area contributed by atoms with Gasteiger partial charge in [-0.2, -0.15) is 0 Å². The van der Waals surface area contributed by atoms with E-state index in [1.807, 2.05) is 0 Å². The Morgan fingerprint density at radius 1 is 1.73 bits per heavy atom. The monoisotopic (exact) mass is 157 g/mol. The number of nitrogens with one attached hydrogen (secondary N) is 1. The highest BCUT2D eigenvalue weighted by Crippen LogP contribution is 2.27. The predicted octanol–water partition coefficient (Wildman–Crippen LogP) is -0.316. The van der Waals surface area contributed by atoms with Crippen LogP contribution in [-0.4, -0.2) is 24.5 Å². The molecule has 0 bridgehead atoms. The standard InChI is InChI=1S/C7H11NO3/c1-4-5(9)8-7(4,2)6(10)11-3/h4H,1-3H3,(H,8,9)/t4-,7+/m1/s1. The average Bonchev–Trinajstić information content (AvgIpc) is 2.02. The lowest BCUT2D eigenvalue weighted by Crippen LogP contribution is -2.70. The first kappa shape index (κ1) is 8.04. The zero-order valence-electron chi connectivity index (χ0n) is 6.80. The van der Waals surface area contributed by atoms with Crippen molar-refractivity contribution in [1.82, 2.24) is 5.32 Å². The lowest BCUT2D eigenvalue weighted by molar-refractivity contribution is -0.163. The van der Waals surface area contributed by atoms with Crippen LogP contribution in [0.5, 0.6) is 0 Å². The van der Waals surface area contributed by atoms with Crippen LogP contribution in [0.1, 0.15) is 13.8 Å². The van der Waals surface area contributed by atoms with Gasteiger partial charge >= 0.3 is 5.97 Å². The molecule has 1 heterocycles. The highest BCUT2D eigenvalue weighted by atomic mass is 16.5. The average molecular weight is 157 g/mol. The first-order valence-electron chi connectivity index (χ1n) is 3.43. The molecule has 0 aliphatic carbocycles. The maximum Gasteiger partial charge on any atom is 0.332 e. The fourth-order valence-electron chi connectivity index (χ4n) is 1.10. The van der Waals surface area contributed by atoms with Gasteiger partial charge in [-0.15, -0.1) is 0 Å². The molecule has 1 N–H and O–H groups in total. The topological polar surface area (TPSA) is 55.4 Å². The van der Waals surface area contributed by atoms with Gasteiger partial charge in [0.1, 0.15) is 5.54 Å². The second-order valence-corrected chi connectivity index (χ2v) is 2.90. The molecule has 0 unspecified atom stereocenters. The van der Waals surface area contributed by atoms with Crippen LogP contribution in [0.3, 0.4) is 0 Å². The highest BCUT2D eigenvalue weighted by Gasteiger charge is 2.53. The van der Waals surface area contributed by atoms with Crippen LogP contribution in [0.15, 0.2) is 0 Å². The van der Waals surface area contributed by atoms with Crippen LogP contribution < -0.4 is 5.32 Å². The summed E-state index contributed by atoms with van der Waals surface area (Å²) in [6.45, 7) is 3.36. The number of hydrogen-bond donors (Lipinski definition) is 1. The van der Waals surface area contributed by atoms with Crippen molar-refractivity contribution >= 4 is 11.9 Å². The summed E-state index contributed by atoms with van der Waals surface area (Å²) in [4.78, 5) is 21.8. The highest BCUT2D eigenvalue weighted by molar-refractivity contribution is 6.00. The van der Waals surface area contributed by atoms with E-state index in [0.717, 1.165) is 0 Å². The molecule has 1 aliphatic heterocycles. The van der Waals surface area contributed by atoms with E-state index in [1.165, 1.54) is 7.11 Å². The Hall–Kier alpha value is -1.06. The van der Waals surface area contributed by atoms with Crippen LogP contribution >= 0.6 is 0 Å². The first-order chi connectivity index (χ1) is 5.02. The van der Waals surface area contributed by atoms with Crippen LogP contribution in [-0.2, 0) is 14.3 Å². The molecule has 1 fully saturated rings. The van der Waals surface area contributed by atoms with Gasteiger partial charge in [-0.05, 0) is 6.92 Å². The Labute approximate surface area is 64.9 Å². The largest absolute Gasteiger partial charge is 0.467 e. The molecular formula is C7H11NO3. The van der Waals surface area contributed by atoms with Gasteiger partial charge in [0.2, 0.25) is 5.91 Å². The van der Waals surface area contributed by atoms with Crippen LogP contribution in [0, 0.1) is 5.92 Å². The van der Waals surface area contributed by atoms with Gasteiger partial charge in [0.15, 0.2) is 0 Å². The molecule has 0 radical (unpaired) electrons. The van der Waals surface area contributed by atoms with E-state index in [1.54, 1.807) is 13.8 Å². The third-order valence-corrected chi connectivity index (χ3v) is 2.25. The third-order valence-electron chi connectivity index (χ3n) is 2.25. The molecule has 0 aromatic carbocycles. The summed E-state index contributed by atoms with van der Waals surface area (Å²) >= 11 is 0. The summed E-state index contributed by atoms with van der Waals surface area (Å²) in [6.07, 6.45) is 0. The molecule has 2 atom stereocenters. The van der Waals surface area contributed by atoms with Crippen molar-refractivity contribution in [2.75, 3.05) is 7.11 Å². The Morgan fingerprint density at radius 3 is 2.55 bits per heavy atom. The first-order valence-corrected chi connectivity index (χ1v) is 3.43. The van der Waals surface area contributed by atoms with E-state index >= 15 is 0 Å². The Morgan fingerprint density at radius 2 is 2.27 bits per heavy atom. The summed E-state index contributed by atoms with van der Waals surface area (Å²) in [6, 6.07) is 0. The predicted molar refractivity (Wildman–Crippen MR) is 37.7 cm³/mol. The molecule has 1 amide bonds. The van der Waals surface area contributed by atoms with Crippen molar-refractivity contribution in [2.45, 2.75) is 19.4 Å². The molecule has 11 heavy (non-hydrogen) atoms. The SMILES string of the molecule is COC(=O)[C@@]1(C)NC(=O)[C@H]1C. The number of carbonyl (C=O) groups is 2. The van der Waals surface area contributed by atoms with Gasteiger partial charge in [0, 0.05) is 0 Å². The Bertz CT molecular complexity index is 214. The van der Waals surface area contributed by atoms with E-state index in [0.29, 0.717) is 0 Å². The molecule has 0 aromatic rings. The molecule has 4 heteroatoms. The molecule has 1 rings (SSSR count). The summed E-state index contributed by atoms with van der Waals surface area (Å²) in [5.41, 5.74) is -0.800. The number of rotatable bonds is 1. The molecule has 0 spiro atoms. The molecule has 62 valence electrons. The third kappa shape index (κ3) is 0.895. The maximum absolute atomic E-state index is 11.0. The van der Waals surface area contributed by atoms with Gasteiger partial charge in [0.25, 0.3) is 0 Å². The number of methoxy groups -OCH3 is 1.